The molecule has 1 amide bonds. The number of piperidine rings is 1. The van der Waals surface area contributed by atoms with Gasteiger partial charge in [0.25, 0.3) is 0 Å². The maximum absolute atomic E-state index is 12.9. The van der Waals surface area contributed by atoms with E-state index in [1.807, 2.05) is 4.90 Å². The third-order valence-corrected chi connectivity index (χ3v) is 5.85. The lowest BCUT2D eigenvalue weighted by Gasteiger charge is -2.33. The second kappa shape index (κ2) is 6.55. The van der Waals surface area contributed by atoms with Crippen molar-refractivity contribution in [3.05, 3.63) is 11.6 Å². The molecule has 3 atom stereocenters. The van der Waals surface area contributed by atoms with Crippen LogP contribution in [-0.4, -0.2) is 45.1 Å². The van der Waals surface area contributed by atoms with Crippen molar-refractivity contribution in [3.8, 4) is 0 Å². The fraction of sp³-hybridized carbons (Fsp3) is 0.824. The topological polar surface area (TPSA) is 66.5 Å². The number of likely N-dealkylation sites (tertiary alicyclic amines) is 1. The predicted octanol–water partition coefficient (Wildman–Crippen LogP) is 2.01. The molecule has 0 radical (unpaired) electrons. The van der Waals surface area contributed by atoms with Crippen LogP contribution in [-0.2, 0) is 14.8 Å². The fourth-order valence-electron chi connectivity index (χ4n) is 3.72. The van der Waals surface area contributed by atoms with E-state index in [9.17, 15) is 13.2 Å². The summed E-state index contributed by atoms with van der Waals surface area (Å²) in [5, 5.41) is 0. The van der Waals surface area contributed by atoms with E-state index in [1.165, 1.54) is 11.8 Å². The molecule has 1 saturated heterocycles. The molecular weight excluding hydrogens is 312 g/mol. The summed E-state index contributed by atoms with van der Waals surface area (Å²) in [4.78, 5) is 14.8. The lowest BCUT2D eigenvalue weighted by molar-refractivity contribution is -0.135. The standard InChI is InChI=1S/C17H30N2O3S/c1-12(2)9-14-15(17(14,3)4)16(20)19-8-6-7-13(11-19)10-18-23(5,21)22/h9,13-15,18H,6-8,10-11H2,1-5H3/t13-,14+,15-/m0/s1. The first-order valence-corrected chi connectivity index (χ1v) is 10.3. The molecule has 0 spiro atoms. The van der Waals surface area contributed by atoms with Gasteiger partial charge in [-0.3, -0.25) is 4.79 Å². The van der Waals surface area contributed by atoms with Gasteiger partial charge in [0.05, 0.1) is 12.2 Å². The third-order valence-electron chi connectivity index (χ3n) is 5.15. The van der Waals surface area contributed by atoms with Crippen LogP contribution in [0.25, 0.3) is 0 Å². The number of hydrogen-bond acceptors (Lipinski definition) is 3. The van der Waals surface area contributed by atoms with Gasteiger partial charge in [-0.15, -0.1) is 0 Å². The van der Waals surface area contributed by atoms with Crippen molar-refractivity contribution in [1.82, 2.24) is 9.62 Å². The van der Waals surface area contributed by atoms with Gasteiger partial charge < -0.3 is 4.90 Å². The molecule has 2 fully saturated rings. The van der Waals surface area contributed by atoms with Crippen molar-refractivity contribution in [2.24, 2.45) is 23.2 Å². The van der Waals surface area contributed by atoms with Crippen molar-refractivity contribution in [2.45, 2.75) is 40.5 Å². The second-order valence-electron chi connectivity index (χ2n) is 7.98. The highest BCUT2D eigenvalue weighted by Crippen LogP contribution is 2.60. The fourth-order valence-corrected chi connectivity index (χ4v) is 4.26. The summed E-state index contributed by atoms with van der Waals surface area (Å²) < 4.78 is 25.1. The number of carbonyl (C=O) groups is 1. The molecule has 0 aromatic carbocycles. The van der Waals surface area contributed by atoms with E-state index in [0.29, 0.717) is 19.0 Å². The molecule has 1 heterocycles. The Hall–Kier alpha value is -0.880. The number of hydrogen-bond donors (Lipinski definition) is 1. The quantitative estimate of drug-likeness (QED) is 0.777. The zero-order valence-corrected chi connectivity index (χ0v) is 15.7. The highest BCUT2D eigenvalue weighted by molar-refractivity contribution is 7.88. The Kier molecular flexibility index (Phi) is 5.26. The minimum atomic E-state index is -3.17. The van der Waals surface area contributed by atoms with Crippen LogP contribution < -0.4 is 4.72 Å². The van der Waals surface area contributed by atoms with E-state index < -0.39 is 10.0 Å². The third kappa shape index (κ3) is 4.57. The number of allylic oxidation sites excluding steroid dienone is 2. The minimum Gasteiger partial charge on any atom is -0.342 e. The molecular formula is C17H30N2O3S. The average molecular weight is 343 g/mol. The van der Waals surface area contributed by atoms with Gasteiger partial charge in [0.15, 0.2) is 0 Å². The van der Waals surface area contributed by atoms with Crippen molar-refractivity contribution < 1.29 is 13.2 Å². The van der Waals surface area contributed by atoms with Crippen molar-refractivity contribution >= 4 is 15.9 Å². The van der Waals surface area contributed by atoms with E-state index in [-0.39, 0.29) is 23.2 Å². The summed E-state index contributed by atoms with van der Waals surface area (Å²) in [6.07, 6.45) is 5.31. The van der Waals surface area contributed by atoms with E-state index in [0.717, 1.165) is 19.4 Å². The first kappa shape index (κ1) is 18.5. The molecule has 1 aliphatic carbocycles. The van der Waals surface area contributed by atoms with Crippen LogP contribution in [0.15, 0.2) is 11.6 Å². The van der Waals surface area contributed by atoms with Gasteiger partial charge in [-0.25, -0.2) is 13.1 Å². The maximum atomic E-state index is 12.9. The van der Waals surface area contributed by atoms with Crippen LogP contribution in [0.3, 0.4) is 0 Å². The van der Waals surface area contributed by atoms with Gasteiger partial charge in [-0.2, -0.15) is 0 Å². The maximum Gasteiger partial charge on any atom is 0.226 e. The Labute approximate surface area is 140 Å². The van der Waals surface area contributed by atoms with Crippen molar-refractivity contribution in [2.75, 3.05) is 25.9 Å². The largest absolute Gasteiger partial charge is 0.342 e. The van der Waals surface area contributed by atoms with E-state index in [1.54, 1.807) is 0 Å². The Balaban J connectivity index is 1.96. The van der Waals surface area contributed by atoms with Crippen LogP contribution in [0, 0.1) is 23.2 Å². The van der Waals surface area contributed by atoms with Crippen molar-refractivity contribution in [3.63, 3.8) is 0 Å². The van der Waals surface area contributed by atoms with Crippen LogP contribution >= 0.6 is 0 Å². The van der Waals surface area contributed by atoms with Gasteiger partial charge >= 0.3 is 0 Å². The number of nitrogens with zero attached hydrogens (tertiary/aromatic N) is 1. The zero-order chi connectivity index (χ0) is 17.4. The van der Waals surface area contributed by atoms with Crippen LogP contribution in [0.2, 0.25) is 0 Å². The molecule has 0 aromatic heterocycles. The first-order chi connectivity index (χ1) is 10.5. The zero-order valence-electron chi connectivity index (χ0n) is 14.9. The summed E-state index contributed by atoms with van der Waals surface area (Å²) in [6.45, 7) is 10.3. The van der Waals surface area contributed by atoms with Gasteiger partial charge in [0.1, 0.15) is 0 Å². The molecule has 132 valence electrons. The monoisotopic (exact) mass is 342 g/mol. The first-order valence-electron chi connectivity index (χ1n) is 8.41. The number of rotatable bonds is 5. The van der Waals surface area contributed by atoms with Gasteiger partial charge in [-0.1, -0.05) is 25.5 Å². The molecule has 2 aliphatic rings. The predicted molar refractivity (Wildman–Crippen MR) is 92.3 cm³/mol. The molecule has 0 bridgehead atoms. The summed E-state index contributed by atoms with van der Waals surface area (Å²) in [5.74, 6) is 0.848. The molecule has 1 aliphatic heterocycles. The molecule has 1 saturated carbocycles. The smallest absolute Gasteiger partial charge is 0.226 e. The Morgan fingerprint density at radius 2 is 2.00 bits per heavy atom. The lowest BCUT2D eigenvalue weighted by Crippen LogP contribution is -2.44. The van der Waals surface area contributed by atoms with Gasteiger partial charge in [0, 0.05) is 19.6 Å². The number of amides is 1. The molecule has 0 unspecified atom stereocenters. The van der Waals surface area contributed by atoms with Gasteiger partial charge in [-0.05, 0) is 43.9 Å². The minimum absolute atomic E-state index is 0.0340. The highest BCUT2D eigenvalue weighted by atomic mass is 32.2. The lowest BCUT2D eigenvalue weighted by atomic mass is 9.97. The molecule has 5 nitrogen and oxygen atoms in total. The summed E-state index contributed by atoms with van der Waals surface area (Å²) in [6, 6.07) is 0. The summed E-state index contributed by atoms with van der Waals surface area (Å²) in [5.41, 5.74) is 1.29. The molecule has 6 heteroatoms. The molecule has 0 aromatic rings. The van der Waals surface area contributed by atoms with Gasteiger partial charge in [0.2, 0.25) is 15.9 Å². The second-order valence-corrected chi connectivity index (χ2v) is 9.81. The molecule has 2 rings (SSSR count). The molecule has 1 N–H and O–H groups in total. The van der Waals surface area contributed by atoms with E-state index in [2.05, 4.69) is 38.5 Å². The van der Waals surface area contributed by atoms with Crippen LogP contribution in [0.1, 0.15) is 40.5 Å². The Morgan fingerprint density at radius 3 is 2.57 bits per heavy atom. The highest BCUT2D eigenvalue weighted by Gasteiger charge is 2.61. The molecule has 23 heavy (non-hydrogen) atoms. The average Bonchev–Trinajstić information content (AvgIpc) is 2.95. The number of carbonyl (C=O) groups excluding carboxylic acids is 1. The summed E-state index contributed by atoms with van der Waals surface area (Å²) >= 11 is 0. The number of nitrogens with one attached hydrogen (secondary N) is 1. The van der Waals surface area contributed by atoms with Crippen LogP contribution in [0.5, 0.6) is 0 Å². The normalized spacial score (nSPS) is 30.0. The number of sulfonamides is 1. The van der Waals surface area contributed by atoms with E-state index in [4.69, 9.17) is 0 Å². The Bertz CT molecular complexity index is 591. The summed E-state index contributed by atoms with van der Waals surface area (Å²) in [7, 11) is -3.17. The Morgan fingerprint density at radius 1 is 1.35 bits per heavy atom. The van der Waals surface area contributed by atoms with Crippen molar-refractivity contribution in [1.29, 1.82) is 0 Å². The van der Waals surface area contributed by atoms with E-state index >= 15 is 0 Å². The SMILES string of the molecule is CC(C)=C[C@@H]1[C@@H](C(=O)N2CCC[C@@H](CNS(C)(=O)=O)C2)C1(C)C. The van der Waals surface area contributed by atoms with Crippen LogP contribution in [0.4, 0.5) is 0 Å².